The van der Waals surface area contributed by atoms with Gasteiger partial charge in [-0.05, 0) is 43.3 Å². The third-order valence-electron chi connectivity index (χ3n) is 8.99. The Labute approximate surface area is 252 Å². The Bertz CT molecular complexity index is 1520. The van der Waals surface area contributed by atoms with Gasteiger partial charge in [-0.25, -0.2) is 0 Å². The van der Waals surface area contributed by atoms with E-state index < -0.39 is 0 Å². The van der Waals surface area contributed by atoms with Crippen LogP contribution in [0.1, 0.15) is 30.5 Å². The Morgan fingerprint density at radius 2 is 1.95 bits per heavy atom. The van der Waals surface area contributed by atoms with Crippen molar-refractivity contribution in [1.82, 2.24) is 19.8 Å². The van der Waals surface area contributed by atoms with E-state index in [0.717, 1.165) is 49.4 Å². The van der Waals surface area contributed by atoms with Gasteiger partial charge in [-0.3, -0.25) is 9.69 Å². The molecule has 0 bridgehead atoms. The summed E-state index contributed by atoms with van der Waals surface area (Å²) < 4.78 is 6.31. The van der Waals surface area contributed by atoms with Gasteiger partial charge >= 0.3 is 6.01 Å². The zero-order valence-corrected chi connectivity index (χ0v) is 24.6. The monoisotopic (exact) mass is 581 g/mol. The van der Waals surface area contributed by atoms with Gasteiger partial charge in [-0.1, -0.05) is 43.0 Å². The highest BCUT2D eigenvalue weighted by molar-refractivity contribution is 5.94. The number of amides is 1. The number of hydrogen-bond acceptors (Lipinski definition) is 9. The maximum absolute atomic E-state index is 12.5. The van der Waals surface area contributed by atoms with E-state index >= 15 is 0 Å². The van der Waals surface area contributed by atoms with Gasteiger partial charge in [0.25, 0.3) is 0 Å². The number of nitrogens with zero attached hydrogens (tertiary/aromatic N) is 7. The van der Waals surface area contributed by atoms with Crippen molar-refractivity contribution < 1.29 is 14.6 Å². The second kappa shape index (κ2) is 13.0. The summed E-state index contributed by atoms with van der Waals surface area (Å²) in [6, 6.07) is 17.4. The molecule has 3 aliphatic heterocycles. The number of β-amino-alcohol motifs (C(OH)–C–C–N with tert-alkyl or cyclic N) is 1. The Morgan fingerprint density at radius 3 is 2.79 bits per heavy atom. The van der Waals surface area contributed by atoms with Crippen LogP contribution in [0.2, 0.25) is 0 Å². The van der Waals surface area contributed by atoms with E-state index in [4.69, 9.17) is 14.7 Å². The predicted octanol–water partition coefficient (Wildman–Crippen LogP) is 3.14. The highest BCUT2D eigenvalue weighted by atomic mass is 16.5. The van der Waals surface area contributed by atoms with Gasteiger partial charge in [-0.2, -0.15) is 15.2 Å². The minimum absolute atomic E-state index is 0.129. The number of aliphatic hydroxyl groups is 1. The van der Waals surface area contributed by atoms with Crippen molar-refractivity contribution in [3.63, 3.8) is 0 Å². The number of nitriles is 1. The lowest BCUT2D eigenvalue weighted by atomic mass is 10.0. The van der Waals surface area contributed by atoms with Crippen molar-refractivity contribution >= 4 is 28.2 Å². The first-order valence-corrected chi connectivity index (χ1v) is 15.2. The van der Waals surface area contributed by atoms with E-state index in [1.165, 1.54) is 22.5 Å². The number of aliphatic hydroxyl groups excluding tert-OH is 1. The van der Waals surface area contributed by atoms with Crippen LogP contribution in [0.4, 0.5) is 11.5 Å². The van der Waals surface area contributed by atoms with E-state index in [2.05, 4.69) is 69.8 Å². The van der Waals surface area contributed by atoms with Crippen LogP contribution in [0.5, 0.6) is 6.01 Å². The molecule has 10 nitrogen and oxygen atoms in total. The van der Waals surface area contributed by atoms with E-state index in [-0.39, 0.29) is 31.0 Å². The lowest BCUT2D eigenvalue weighted by Gasteiger charge is -2.42. The maximum atomic E-state index is 12.5. The molecule has 224 valence electrons. The number of fused-ring (bicyclic) bond motifs is 2. The van der Waals surface area contributed by atoms with Crippen LogP contribution in [0.3, 0.4) is 0 Å². The summed E-state index contributed by atoms with van der Waals surface area (Å²) in [4.78, 5) is 31.1. The lowest BCUT2D eigenvalue weighted by Crippen LogP contribution is -2.55. The highest BCUT2D eigenvalue weighted by Crippen LogP contribution is 2.35. The first-order valence-electron chi connectivity index (χ1n) is 15.2. The molecule has 3 aliphatic rings. The molecule has 10 heteroatoms. The van der Waals surface area contributed by atoms with Crippen LogP contribution >= 0.6 is 0 Å². The van der Waals surface area contributed by atoms with Crippen LogP contribution in [0.25, 0.3) is 10.8 Å². The van der Waals surface area contributed by atoms with Crippen LogP contribution in [-0.2, 0) is 17.8 Å². The summed E-state index contributed by atoms with van der Waals surface area (Å²) in [5.41, 5.74) is 3.23. The summed E-state index contributed by atoms with van der Waals surface area (Å²) in [5.74, 6) is 0.688. The molecule has 1 amide bonds. The predicted molar refractivity (Wildman–Crippen MR) is 166 cm³/mol. The molecule has 2 fully saturated rings. The van der Waals surface area contributed by atoms with Gasteiger partial charge < -0.3 is 24.5 Å². The fourth-order valence-electron chi connectivity index (χ4n) is 6.82. The molecule has 2 aromatic carbocycles. The number of anilines is 2. The van der Waals surface area contributed by atoms with Gasteiger partial charge in [0.05, 0.1) is 37.4 Å². The normalized spacial score (nSPS) is 20.6. The number of rotatable bonds is 9. The van der Waals surface area contributed by atoms with Gasteiger partial charge in [0.15, 0.2) is 0 Å². The third-order valence-corrected chi connectivity index (χ3v) is 8.99. The number of aromatic nitrogens is 2. The topological polar surface area (TPSA) is 109 Å². The van der Waals surface area contributed by atoms with Crippen molar-refractivity contribution in [3.8, 4) is 12.1 Å². The van der Waals surface area contributed by atoms with Crippen molar-refractivity contribution in [2.75, 3.05) is 62.3 Å². The molecule has 0 radical (unpaired) electrons. The largest absolute Gasteiger partial charge is 0.462 e. The molecule has 0 unspecified atom stereocenters. The minimum atomic E-state index is -0.250. The van der Waals surface area contributed by atoms with Crippen molar-refractivity contribution in [1.29, 1.82) is 5.26 Å². The van der Waals surface area contributed by atoms with E-state index in [0.29, 0.717) is 45.3 Å². The zero-order valence-electron chi connectivity index (χ0n) is 24.6. The maximum Gasteiger partial charge on any atom is 0.318 e. The van der Waals surface area contributed by atoms with Crippen LogP contribution < -0.4 is 14.5 Å². The molecule has 1 N–H and O–H groups in total. The number of likely N-dealkylation sites (tertiary alicyclic amines) is 1. The fraction of sp³-hybridized carbons (Fsp3) is 0.455. The zero-order chi connectivity index (χ0) is 29.8. The smallest absolute Gasteiger partial charge is 0.318 e. The van der Waals surface area contributed by atoms with E-state index in [9.17, 15) is 15.2 Å². The molecule has 1 aromatic heterocycles. The second-order valence-electron chi connectivity index (χ2n) is 11.5. The van der Waals surface area contributed by atoms with Crippen LogP contribution in [0.15, 0.2) is 55.1 Å². The molecule has 3 aromatic rings. The summed E-state index contributed by atoms with van der Waals surface area (Å²) in [5, 5.41) is 21.4. The molecule has 2 atom stereocenters. The Morgan fingerprint density at radius 1 is 1.09 bits per heavy atom. The number of benzene rings is 2. The third kappa shape index (κ3) is 6.01. The summed E-state index contributed by atoms with van der Waals surface area (Å²) in [6.07, 6.45) is 4.43. The molecule has 2 saturated heterocycles. The van der Waals surface area contributed by atoms with Crippen molar-refractivity contribution in [2.45, 2.75) is 44.3 Å². The molecule has 6 rings (SSSR count). The number of ether oxygens (including phenoxy) is 1. The minimum Gasteiger partial charge on any atom is -0.462 e. The van der Waals surface area contributed by atoms with E-state index in [1.807, 2.05) is 0 Å². The number of carbonyl (C=O) groups is 1. The van der Waals surface area contributed by atoms with E-state index in [1.54, 1.807) is 4.90 Å². The molecular formula is C33H39N7O3. The standard InChI is InChI=1S/C33H39N7O3/c1-2-31(42)40-18-17-39(21-25(40)12-14-34)32-28-13-16-38(30-11-5-8-24-7-3-4-10-27(24)30)22-29(28)35-33(36-32)43-23-26-9-6-15-37(26)19-20-41/h2-5,7-8,10-11,25-26,41H,1,6,9,12-13,15-23H2/t25-,26+/m0/s1. The van der Waals surface area contributed by atoms with Gasteiger partial charge in [0, 0.05) is 55.4 Å². The Hall–Kier alpha value is -4.20. The number of carbonyl (C=O) groups excluding carboxylic acids is 1. The molecule has 0 saturated carbocycles. The lowest BCUT2D eigenvalue weighted by molar-refractivity contribution is -0.128. The van der Waals surface area contributed by atoms with Crippen molar-refractivity contribution in [3.05, 3.63) is 66.4 Å². The quantitative estimate of drug-likeness (QED) is 0.381. The Kier molecular flexibility index (Phi) is 8.72. The average molecular weight is 582 g/mol. The average Bonchev–Trinajstić information content (AvgIpc) is 3.49. The molecule has 43 heavy (non-hydrogen) atoms. The van der Waals surface area contributed by atoms with Crippen LogP contribution in [0, 0.1) is 11.3 Å². The first kappa shape index (κ1) is 28.9. The second-order valence-corrected chi connectivity index (χ2v) is 11.5. The SMILES string of the molecule is C=CC(=O)N1CCN(c2nc(OC[C@H]3CCCN3CCO)nc3c2CCN(c2cccc4ccccc24)C3)C[C@@H]1CC#N. The summed E-state index contributed by atoms with van der Waals surface area (Å²) in [7, 11) is 0. The van der Waals surface area contributed by atoms with Crippen molar-refractivity contribution in [2.24, 2.45) is 0 Å². The molecule has 0 spiro atoms. The fourth-order valence-corrected chi connectivity index (χ4v) is 6.82. The summed E-state index contributed by atoms with van der Waals surface area (Å²) >= 11 is 0. The first-order chi connectivity index (χ1) is 21.1. The van der Waals surface area contributed by atoms with Gasteiger partial charge in [-0.15, -0.1) is 0 Å². The summed E-state index contributed by atoms with van der Waals surface area (Å²) in [6.45, 7) is 8.90. The molecule has 0 aliphatic carbocycles. The van der Waals surface area contributed by atoms with Crippen LogP contribution in [-0.4, -0.2) is 95.3 Å². The number of piperazine rings is 1. The number of hydrogen-bond donors (Lipinski definition) is 1. The van der Waals surface area contributed by atoms with Gasteiger partial charge in [0.2, 0.25) is 5.91 Å². The molecule has 4 heterocycles. The Balaban J connectivity index is 1.32. The van der Waals surface area contributed by atoms with Gasteiger partial charge in [0.1, 0.15) is 12.4 Å². The molecular weight excluding hydrogens is 542 g/mol. The highest BCUT2D eigenvalue weighted by Gasteiger charge is 2.34.